The lowest BCUT2D eigenvalue weighted by Crippen LogP contribution is -2.26. The smallest absolute Gasteiger partial charge is 0.305 e. The number of aryl methyl sites for hydroxylation is 1. The number of rotatable bonds is 11. The van der Waals surface area contributed by atoms with Gasteiger partial charge in [0.05, 0.1) is 24.2 Å². The summed E-state index contributed by atoms with van der Waals surface area (Å²) in [4.78, 5) is 30.6. The number of carboxylic acids is 1. The van der Waals surface area contributed by atoms with E-state index >= 15 is 0 Å². The van der Waals surface area contributed by atoms with Crippen LogP contribution < -0.4 is 10.2 Å². The van der Waals surface area contributed by atoms with Gasteiger partial charge in [-0.05, 0) is 73.6 Å². The van der Waals surface area contributed by atoms with E-state index in [9.17, 15) is 9.59 Å². The van der Waals surface area contributed by atoms with Gasteiger partial charge in [0.15, 0.2) is 5.13 Å². The van der Waals surface area contributed by atoms with Crippen LogP contribution in [0.15, 0.2) is 94.8 Å². The number of hydrogen-bond donors (Lipinski definition) is 2. The lowest BCUT2D eigenvalue weighted by atomic mass is 9.93. The molecule has 6 rings (SSSR count). The Kier molecular flexibility index (Phi) is 9.17. The largest absolute Gasteiger partial charge is 0.481 e. The highest BCUT2D eigenvalue weighted by Crippen LogP contribution is 2.39. The number of carboxylic acid groups (broad SMARTS) is 1. The summed E-state index contributed by atoms with van der Waals surface area (Å²) in [7, 11) is 0. The first kappa shape index (κ1) is 30.0. The van der Waals surface area contributed by atoms with Crippen molar-refractivity contribution in [1.29, 1.82) is 0 Å². The quantitative estimate of drug-likeness (QED) is 0.153. The summed E-state index contributed by atoms with van der Waals surface area (Å²) in [6, 6.07) is 26.0. The maximum absolute atomic E-state index is 12.5. The first-order valence-corrected chi connectivity index (χ1v) is 16.0. The summed E-state index contributed by atoms with van der Waals surface area (Å²) in [6.07, 6.45) is 6.95. The summed E-state index contributed by atoms with van der Waals surface area (Å²) in [5.74, 6) is -0.537. The summed E-state index contributed by atoms with van der Waals surface area (Å²) in [5.41, 5.74) is 8.56. The van der Waals surface area contributed by atoms with Gasteiger partial charge in [0.25, 0.3) is 5.91 Å². The molecule has 2 heterocycles. The Morgan fingerprint density at radius 2 is 1.76 bits per heavy atom. The molecule has 0 fully saturated rings. The van der Waals surface area contributed by atoms with Crippen molar-refractivity contribution in [1.82, 2.24) is 15.5 Å². The van der Waals surface area contributed by atoms with Crippen molar-refractivity contribution in [3.05, 3.63) is 113 Å². The summed E-state index contributed by atoms with van der Waals surface area (Å²) < 4.78 is 5.63. The molecule has 0 unspecified atom stereocenters. The van der Waals surface area contributed by atoms with Gasteiger partial charge in [0.1, 0.15) is 11.5 Å². The molecule has 9 heteroatoms. The van der Waals surface area contributed by atoms with Crippen LogP contribution in [0, 0.1) is 6.92 Å². The molecule has 3 aromatic carbocycles. The van der Waals surface area contributed by atoms with Crippen molar-refractivity contribution in [2.24, 2.45) is 0 Å². The molecule has 5 aromatic rings. The zero-order valence-electron chi connectivity index (χ0n) is 25.0. The Morgan fingerprint density at radius 1 is 0.978 bits per heavy atom. The number of amides is 1. The zero-order chi connectivity index (χ0) is 31.2. The fourth-order valence-corrected chi connectivity index (χ4v) is 6.36. The standard InChI is InChI=1S/C36H34N4O4S/c1-24-33(34(39-44-24)28-10-6-3-7-11-28)31-23-45-36(38-31)40(30-18-16-27(17-19-30)26-8-4-2-5-9-26)22-25-12-14-29(15-13-25)35(43)37-21-20-32(41)42/h3,6-8,10-19,23H,2,4-5,9,20-22H2,1H3,(H,37,43)(H,41,42). The van der Waals surface area contributed by atoms with Crippen LogP contribution in [0.5, 0.6) is 0 Å². The third kappa shape index (κ3) is 7.05. The normalized spacial score (nSPS) is 12.9. The van der Waals surface area contributed by atoms with Crippen LogP contribution in [0.2, 0.25) is 0 Å². The van der Waals surface area contributed by atoms with E-state index in [1.54, 1.807) is 23.5 Å². The average Bonchev–Trinajstić information content (AvgIpc) is 3.71. The Hall–Kier alpha value is -5.02. The van der Waals surface area contributed by atoms with E-state index in [0.717, 1.165) is 51.7 Å². The predicted octanol–water partition coefficient (Wildman–Crippen LogP) is 8.27. The van der Waals surface area contributed by atoms with Crippen LogP contribution in [-0.2, 0) is 11.3 Å². The molecule has 2 aromatic heterocycles. The Labute approximate surface area is 266 Å². The fraction of sp³-hybridized carbons (Fsp3) is 0.222. The van der Waals surface area contributed by atoms with E-state index < -0.39 is 5.97 Å². The lowest BCUT2D eigenvalue weighted by Gasteiger charge is -2.23. The first-order valence-electron chi connectivity index (χ1n) is 15.1. The molecule has 45 heavy (non-hydrogen) atoms. The van der Waals surface area contributed by atoms with E-state index in [-0.39, 0.29) is 18.9 Å². The Morgan fingerprint density at radius 3 is 2.47 bits per heavy atom. The molecule has 228 valence electrons. The summed E-state index contributed by atoms with van der Waals surface area (Å²) in [5, 5.41) is 18.7. The number of carbonyl (C=O) groups excluding carboxylic acids is 1. The minimum absolute atomic E-state index is 0.0839. The molecule has 0 saturated carbocycles. The predicted molar refractivity (Wildman–Crippen MR) is 178 cm³/mol. The number of benzene rings is 3. The molecule has 8 nitrogen and oxygen atoms in total. The van der Waals surface area contributed by atoms with Crippen LogP contribution in [-0.4, -0.2) is 33.7 Å². The molecule has 1 aliphatic rings. The highest BCUT2D eigenvalue weighted by Gasteiger charge is 2.22. The van der Waals surface area contributed by atoms with E-state index in [4.69, 9.17) is 14.6 Å². The summed E-state index contributed by atoms with van der Waals surface area (Å²) >= 11 is 1.56. The number of hydrogen-bond acceptors (Lipinski definition) is 7. The second-order valence-electron chi connectivity index (χ2n) is 11.0. The minimum Gasteiger partial charge on any atom is -0.481 e. The highest BCUT2D eigenvalue weighted by atomic mass is 32.1. The number of carbonyl (C=O) groups is 2. The maximum atomic E-state index is 12.5. The topological polar surface area (TPSA) is 109 Å². The Bertz CT molecular complexity index is 1810. The van der Waals surface area contributed by atoms with Crippen LogP contribution in [0.3, 0.4) is 0 Å². The fourth-order valence-electron chi connectivity index (χ4n) is 5.52. The molecule has 0 bridgehead atoms. The zero-order valence-corrected chi connectivity index (χ0v) is 25.8. The molecule has 0 saturated heterocycles. The molecule has 1 amide bonds. The van der Waals surface area contributed by atoms with Crippen molar-refractivity contribution in [3.63, 3.8) is 0 Å². The first-order chi connectivity index (χ1) is 22.0. The molecular formula is C36H34N4O4S. The number of aliphatic carboxylic acids is 1. The second kappa shape index (κ2) is 13.7. The monoisotopic (exact) mass is 618 g/mol. The van der Waals surface area contributed by atoms with Crippen molar-refractivity contribution in [2.75, 3.05) is 11.4 Å². The number of allylic oxidation sites excluding steroid dienone is 2. The van der Waals surface area contributed by atoms with Gasteiger partial charge in [-0.25, -0.2) is 4.98 Å². The molecule has 0 radical (unpaired) electrons. The molecule has 1 aliphatic carbocycles. The van der Waals surface area contributed by atoms with Gasteiger partial charge in [0, 0.05) is 28.7 Å². The third-order valence-corrected chi connectivity index (χ3v) is 8.77. The minimum atomic E-state index is -0.949. The number of aromatic nitrogens is 2. The third-order valence-electron chi connectivity index (χ3n) is 7.91. The van der Waals surface area contributed by atoms with Crippen LogP contribution in [0.25, 0.3) is 28.1 Å². The SMILES string of the molecule is Cc1onc(-c2ccccc2)c1-c1csc(N(Cc2ccc(C(=O)NCCC(=O)O)cc2)c2ccc(C3=CCCCC3)cc2)n1. The molecular weight excluding hydrogens is 584 g/mol. The van der Waals surface area contributed by atoms with Gasteiger partial charge < -0.3 is 19.8 Å². The Balaban J connectivity index is 1.30. The van der Waals surface area contributed by atoms with Crippen molar-refractivity contribution in [2.45, 2.75) is 45.6 Å². The number of thiazole rings is 1. The van der Waals surface area contributed by atoms with Gasteiger partial charge in [-0.2, -0.15) is 0 Å². The number of nitrogens with zero attached hydrogens (tertiary/aromatic N) is 3. The van der Waals surface area contributed by atoms with Crippen LogP contribution in [0.1, 0.15) is 59.3 Å². The maximum Gasteiger partial charge on any atom is 0.305 e. The average molecular weight is 619 g/mol. The molecule has 0 spiro atoms. The van der Waals surface area contributed by atoms with Crippen LogP contribution >= 0.6 is 11.3 Å². The lowest BCUT2D eigenvalue weighted by molar-refractivity contribution is -0.136. The van der Waals surface area contributed by atoms with Crippen molar-refractivity contribution >= 4 is 39.6 Å². The van der Waals surface area contributed by atoms with Crippen molar-refractivity contribution in [3.8, 4) is 22.5 Å². The van der Waals surface area contributed by atoms with E-state index in [2.05, 4.69) is 45.7 Å². The van der Waals surface area contributed by atoms with Crippen molar-refractivity contribution < 1.29 is 19.2 Å². The molecule has 0 atom stereocenters. The van der Waals surface area contributed by atoms with Crippen LogP contribution in [0.4, 0.5) is 10.8 Å². The summed E-state index contributed by atoms with van der Waals surface area (Å²) in [6.45, 7) is 2.52. The van der Waals surface area contributed by atoms with E-state index in [1.165, 1.54) is 24.0 Å². The number of nitrogens with one attached hydrogen (secondary N) is 1. The van der Waals surface area contributed by atoms with Gasteiger partial charge in [-0.15, -0.1) is 11.3 Å². The van der Waals surface area contributed by atoms with Gasteiger partial charge in [-0.1, -0.05) is 65.8 Å². The highest BCUT2D eigenvalue weighted by molar-refractivity contribution is 7.14. The van der Waals surface area contributed by atoms with Gasteiger partial charge >= 0.3 is 5.97 Å². The van der Waals surface area contributed by atoms with Gasteiger partial charge in [-0.3, -0.25) is 9.59 Å². The number of anilines is 2. The van der Waals surface area contributed by atoms with E-state index in [0.29, 0.717) is 17.9 Å². The molecule has 2 N–H and O–H groups in total. The second-order valence-corrected chi connectivity index (χ2v) is 11.9. The molecule has 0 aliphatic heterocycles. The van der Waals surface area contributed by atoms with E-state index in [1.807, 2.05) is 54.8 Å². The van der Waals surface area contributed by atoms with Gasteiger partial charge in [0.2, 0.25) is 0 Å².